The number of hydrogen-bond acceptors (Lipinski definition) is 2. The number of rotatable bonds is 5. The molecule has 0 heterocycles. The van der Waals surface area contributed by atoms with Crippen molar-refractivity contribution in [1.82, 2.24) is 5.32 Å². The summed E-state index contributed by atoms with van der Waals surface area (Å²) in [6.07, 6.45) is 7.93. The molecule has 1 aliphatic carbocycles. The van der Waals surface area contributed by atoms with E-state index in [0.29, 0.717) is 6.54 Å². The molecule has 0 saturated heterocycles. The lowest BCUT2D eigenvalue weighted by molar-refractivity contribution is -0.125. The molecule has 1 unspecified atom stereocenters. The summed E-state index contributed by atoms with van der Waals surface area (Å²) in [6.45, 7) is 2.73. The number of carbonyl (C=O) groups is 1. The van der Waals surface area contributed by atoms with Crippen LogP contribution in [-0.2, 0) is 11.2 Å². The molecule has 108 valence electrons. The van der Waals surface area contributed by atoms with E-state index in [9.17, 15) is 4.79 Å². The van der Waals surface area contributed by atoms with Crippen molar-refractivity contribution in [3.8, 4) is 5.75 Å². The van der Waals surface area contributed by atoms with E-state index >= 15 is 0 Å². The SMILES string of the molecule is COc1ccc(C)cc1CCNC(=O)C1CC=CCC1. The van der Waals surface area contributed by atoms with Crippen LogP contribution in [0.5, 0.6) is 5.75 Å². The summed E-state index contributed by atoms with van der Waals surface area (Å²) in [5, 5.41) is 3.04. The number of allylic oxidation sites excluding steroid dienone is 2. The Morgan fingerprint density at radius 2 is 2.25 bits per heavy atom. The average Bonchev–Trinajstić information content (AvgIpc) is 2.48. The summed E-state index contributed by atoms with van der Waals surface area (Å²) >= 11 is 0. The Hall–Kier alpha value is -1.77. The molecule has 1 amide bonds. The molecule has 3 nitrogen and oxygen atoms in total. The molecule has 0 fully saturated rings. The number of amides is 1. The fourth-order valence-corrected chi connectivity index (χ4v) is 2.60. The molecule has 1 atom stereocenters. The molecule has 1 aromatic carbocycles. The van der Waals surface area contributed by atoms with Crippen molar-refractivity contribution in [2.45, 2.75) is 32.6 Å². The topological polar surface area (TPSA) is 38.3 Å². The zero-order chi connectivity index (χ0) is 14.4. The second-order valence-corrected chi connectivity index (χ2v) is 5.34. The Bertz CT molecular complexity index is 494. The fourth-order valence-electron chi connectivity index (χ4n) is 2.60. The zero-order valence-corrected chi connectivity index (χ0v) is 12.3. The number of aryl methyl sites for hydroxylation is 1. The van der Waals surface area contributed by atoms with Gasteiger partial charge in [-0.3, -0.25) is 4.79 Å². The maximum atomic E-state index is 12.0. The third-order valence-electron chi connectivity index (χ3n) is 3.77. The van der Waals surface area contributed by atoms with E-state index in [1.165, 1.54) is 5.56 Å². The first-order chi connectivity index (χ1) is 9.70. The van der Waals surface area contributed by atoms with E-state index < -0.39 is 0 Å². The highest BCUT2D eigenvalue weighted by atomic mass is 16.5. The van der Waals surface area contributed by atoms with Crippen molar-refractivity contribution >= 4 is 5.91 Å². The van der Waals surface area contributed by atoms with E-state index in [4.69, 9.17) is 4.74 Å². The smallest absolute Gasteiger partial charge is 0.223 e. The third-order valence-corrected chi connectivity index (χ3v) is 3.77. The lowest BCUT2D eigenvalue weighted by Crippen LogP contribution is -2.32. The first kappa shape index (κ1) is 14.6. The summed E-state index contributed by atoms with van der Waals surface area (Å²) in [6, 6.07) is 6.14. The molecule has 0 spiro atoms. The molecule has 0 radical (unpaired) electrons. The van der Waals surface area contributed by atoms with Crippen molar-refractivity contribution in [2.75, 3.05) is 13.7 Å². The van der Waals surface area contributed by atoms with Crippen LogP contribution < -0.4 is 10.1 Å². The van der Waals surface area contributed by atoms with E-state index in [2.05, 4.69) is 30.5 Å². The molecule has 0 aliphatic heterocycles. The standard InChI is InChI=1S/C17H23NO2/c1-13-8-9-16(20-2)15(12-13)10-11-18-17(19)14-6-4-3-5-7-14/h3-4,8-9,12,14H,5-7,10-11H2,1-2H3,(H,18,19). The van der Waals surface area contributed by atoms with Gasteiger partial charge in [0.1, 0.15) is 5.75 Å². The van der Waals surface area contributed by atoms with Gasteiger partial charge in [0.2, 0.25) is 5.91 Å². The molecule has 1 aromatic rings. The summed E-state index contributed by atoms with van der Waals surface area (Å²) in [5.74, 6) is 1.23. The van der Waals surface area contributed by atoms with Crippen LogP contribution in [0, 0.1) is 12.8 Å². The van der Waals surface area contributed by atoms with Crippen LogP contribution in [0.1, 0.15) is 30.4 Å². The van der Waals surface area contributed by atoms with E-state index in [0.717, 1.165) is 37.0 Å². The number of nitrogens with one attached hydrogen (secondary N) is 1. The lowest BCUT2D eigenvalue weighted by Gasteiger charge is -2.17. The minimum absolute atomic E-state index is 0.152. The Kier molecular flexibility index (Phi) is 5.22. The largest absolute Gasteiger partial charge is 0.496 e. The Morgan fingerprint density at radius 3 is 2.95 bits per heavy atom. The molecule has 0 aromatic heterocycles. The number of hydrogen-bond donors (Lipinski definition) is 1. The molecule has 1 N–H and O–H groups in total. The minimum atomic E-state index is 0.152. The van der Waals surface area contributed by atoms with Crippen LogP contribution in [0.2, 0.25) is 0 Å². The van der Waals surface area contributed by atoms with Crippen molar-refractivity contribution < 1.29 is 9.53 Å². The zero-order valence-electron chi connectivity index (χ0n) is 12.3. The van der Waals surface area contributed by atoms with Crippen LogP contribution >= 0.6 is 0 Å². The highest BCUT2D eigenvalue weighted by Gasteiger charge is 2.18. The van der Waals surface area contributed by atoms with Crippen LogP contribution in [0.15, 0.2) is 30.4 Å². The van der Waals surface area contributed by atoms with Crippen molar-refractivity contribution in [3.63, 3.8) is 0 Å². The first-order valence-electron chi connectivity index (χ1n) is 7.27. The summed E-state index contributed by atoms with van der Waals surface area (Å²) in [5.41, 5.74) is 2.36. The van der Waals surface area contributed by atoms with Crippen LogP contribution in [-0.4, -0.2) is 19.6 Å². The second-order valence-electron chi connectivity index (χ2n) is 5.34. The summed E-state index contributed by atoms with van der Waals surface area (Å²) in [7, 11) is 1.68. The summed E-state index contributed by atoms with van der Waals surface area (Å²) < 4.78 is 5.35. The van der Waals surface area contributed by atoms with Gasteiger partial charge in [0.15, 0.2) is 0 Å². The molecule has 3 heteroatoms. The average molecular weight is 273 g/mol. The second kappa shape index (κ2) is 7.13. The third kappa shape index (κ3) is 3.86. The molecule has 0 bridgehead atoms. The maximum Gasteiger partial charge on any atom is 0.223 e. The quantitative estimate of drug-likeness (QED) is 0.837. The van der Waals surface area contributed by atoms with Crippen molar-refractivity contribution in [3.05, 3.63) is 41.5 Å². The number of ether oxygens (including phenoxy) is 1. The van der Waals surface area contributed by atoms with Gasteiger partial charge in [-0.2, -0.15) is 0 Å². The summed E-state index contributed by atoms with van der Waals surface area (Å²) in [4.78, 5) is 12.0. The van der Waals surface area contributed by atoms with Gasteiger partial charge in [-0.05, 0) is 44.2 Å². The molecular formula is C17H23NO2. The molecule has 1 aliphatic rings. The lowest BCUT2D eigenvalue weighted by atomic mass is 9.93. The molecule has 2 rings (SSSR count). The van der Waals surface area contributed by atoms with Crippen LogP contribution in [0.25, 0.3) is 0 Å². The van der Waals surface area contributed by atoms with Crippen molar-refractivity contribution in [1.29, 1.82) is 0 Å². The van der Waals surface area contributed by atoms with Crippen molar-refractivity contribution in [2.24, 2.45) is 5.92 Å². The normalized spacial score (nSPS) is 17.8. The van der Waals surface area contributed by atoms with E-state index in [1.807, 2.05) is 12.1 Å². The van der Waals surface area contributed by atoms with Gasteiger partial charge in [0, 0.05) is 12.5 Å². The van der Waals surface area contributed by atoms with Crippen LogP contribution in [0.4, 0.5) is 0 Å². The Morgan fingerprint density at radius 1 is 1.40 bits per heavy atom. The monoisotopic (exact) mass is 273 g/mol. The number of carbonyl (C=O) groups excluding carboxylic acids is 1. The fraction of sp³-hybridized carbons (Fsp3) is 0.471. The van der Waals surface area contributed by atoms with Gasteiger partial charge in [-0.25, -0.2) is 0 Å². The maximum absolute atomic E-state index is 12.0. The minimum Gasteiger partial charge on any atom is -0.496 e. The highest BCUT2D eigenvalue weighted by molar-refractivity contribution is 5.78. The van der Waals surface area contributed by atoms with Gasteiger partial charge in [0.25, 0.3) is 0 Å². The van der Waals surface area contributed by atoms with E-state index in [1.54, 1.807) is 7.11 Å². The Balaban J connectivity index is 1.85. The van der Waals surface area contributed by atoms with Gasteiger partial charge in [0.05, 0.1) is 7.11 Å². The van der Waals surface area contributed by atoms with Crippen LogP contribution in [0.3, 0.4) is 0 Å². The predicted molar refractivity (Wildman–Crippen MR) is 80.9 cm³/mol. The van der Waals surface area contributed by atoms with Gasteiger partial charge >= 0.3 is 0 Å². The van der Waals surface area contributed by atoms with Gasteiger partial charge < -0.3 is 10.1 Å². The predicted octanol–water partition coefficient (Wildman–Crippen LogP) is 3.02. The first-order valence-corrected chi connectivity index (χ1v) is 7.27. The molecule has 0 saturated carbocycles. The van der Waals surface area contributed by atoms with Gasteiger partial charge in [-0.1, -0.05) is 29.8 Å². The highest BCUT2D eigenvalue weighted by Crippen LogP contribution is 2.20. The Labute approximate surface area is 121 Å². The molecule has 20 heavy (non-hydrogen) atoms. The van der Waals surface area contributed by atoms with Gasteiger partial charge in [-0.15, -0.1) is 0 Å². The number of benzene rings is 1. The molecular weight excluding hydrogens is 250 g/mol. The number of methoxy groups -OCH3 is 1. The van der Waals surface area contributed by atoms with E-state index in [-0.39, 0.29) is 11.8 Å².